The van der Waals surface area contributed by atoms with Crippen molar-refractivity contribution in [2.45, 2.75) is 33.3 Å². The first kappa shape index (κ1) is 21.4. The van der Waals surface area contributed by atoms with Crippen molar-refractivity contribution in [3.8, 4) is 5.75 Å². The van der Waals surface area contributed by atoms with Crippen molar-refractivity contribution in [1.29, 1.82) is 0 Å². The Morgan fingerprint density at radius 3 is 2.55 bits per heavy atom. The lowest BCUT2D eigenvalue weighted by atomic mass is 9.85. The van der Waals surface area contributed by atoms with Crippen LogP contribution in [0, 0.1) is 30.6 Å². The normalized spacial score (nSPS) is 27.6. The maximum atomic E-state index is 12.8. The predicted octanol–water partition coefficient (Wildman–Crippen LogP) is 2.12. The minimum atomic E-state index is -0.135. The monoisotopic (exact) mass is 424 g/mol. The van der Waals surface area contributed by atoms with Gasteiger partial charge in [-0.2, -0.15) is 0 Å². The summed E-state index contributed by atoms with van der Waals surface area (Å²) < 4.78 is 5.94. The fourth-order valence-electron chi connectivity index (χ4n) is 4.99. The summed E-state index contributed by atoms with van der Waals surface area (Å²) in [4.78, 5) is 31.6. The number of amides is 2. The summed E-state index contributed by atoms with van der Waals surface area (Å²) >= 11 is 0. The van der Waals surface area contributed by atoms with Crippen LogP contribution in [0.3, 0.4) is 0 Å². The third-order valence-electron chi connectivity index (χ3n) is 6.37. The molecule has 166 valence electrons. The van der Waals surface area contributed by atoms with Crippen molar-refractivity contribution in [3.63, 3.8) is 0 Å². The van der Waals surface area contributed by atoms with Crippen molar-refractivity contribution in [3.05, 3.63) is 42.0 Å². The molecule has 2 bridgehead atoms. The molecule has 3 aliphatic rings. The lowest BCUT2D eigenvalue weighted by molar-refractivity contribution is -0.140. The molecule has 1 saturated heterocycles. The van der Waals surface area contributed by atoms with E-state index in [1.54, 1.807) is 0 Å². The zero-order chi connectivity index (χ0) is 22.0. The van der Waals surface area contributed by atoms with E-state index in [1.165, 1.54) is 4.90 Å². The number of hydrogen-bond acceptors (Lipinski definition) is 4. The summed E-state index contributed by atoms with van der Waals surface area (Å²) in [5.74, 6) is 1.71. The minimum Gasteiger partial charge on any atom is -0.489 e. The number of carbonyl (C=O) groups excluding carboxylic acids is 2. The number of imide groups is 1. The number of hydrogen-bond donors (Lipinski definition) is 2. The van der Waals surface area contributed by atoms with Gasteiger partial charge in [-0.1, -0.05) is 24.3 Å². The molecule has 5 unspecified atom stereocenters. The molecule has 4 rings (SSSR count). The average Bonchev–Trinajstić information content (AvgIpc) is 3.41. The van der Waals surface area contributed by atoms with E-state index in [0.717, 1.165) is 24.3 Å². The Kier molecular flexibility index (Phi) is 6.30. The van der Waals surface area contributed by atoms with Crippen LogP contribution in [0.1, 0.15) is 25.8 Å². The van der Waals surface area contributed by atoms with Gasteiger partial charge in [-0.25, -0.2) is 4.99 Å². The Bertz CT molecular complexity index is 867. The maximum absolute atomic E-state index is 12.8. The molecule has 1 saturated carbocycles. The molecule has 0 radical (unpaired) electrons. The van der Waals surface area contributed by atoms with E-state index in [-0.39, 0.29) is 41.6 Å². The van der Waals surface area contributed by atoms with Gasteiger partial charge >= 0.3 is 0 Å². The Hall–Kier alpha value is -2.83. The lowest BCUT2D eigenvalue weighted by Crippen LogP contribution is -2.44. The van der Waals surface area contributed by atoms with Crippen LogP contribution < -0.4 is 15.4 Å². The first-order valence-electron chi connectivity index (χ1n) is 11.3. The number of benzene rings is 1. The molecule has 2 N–H and O–H groups in total. The highest BCUT2D eigenvalue weighted by molar-refractivity contribution is 6.06. The van der Waals surface area contributed by atoms with Crippen LogP contribution in [0.4, 0.5) is 0 Å². The summed E-state index contributed by atoms with van der Waals surface area (Å²) in [6.45, 7) is 8.07. The Balaban J connectivity index is 1.28. The van der Waals surface area contributed by atoms with Crippen molar-refractivity contribution < 1.29 is 14.3 Å². The molecule has 1 aliphatic heterocycles. The number of allylic oxidation sites excluding steroid dienone is 2. The SMILES string of the molecule is CCNC(=NCC(C)Oc1cccc(C)c1)NCCN1C(=O)C2C3C=CC(C3)C2C1=O. The molecule has 1 aromatic carbocycles. The van der Waals surface area contributed by atoms with E-state index < -0.39 is 0 Å². The number of likely N-dealkylation sites (tertiary alicyclic amines) is 1. The van der Waals surface area contributed by atoms with E-state index in [2.05, 4.69) is 27.8 Å². The highest BCUT2D eigenvalue weighted by Crippen LogP contribution is 2.52. The molecule has 7 nitrogen and oxygen atoms in total. The number of rotatable bonds is 8. The molecule has 31 heavy (non-hydrogen) atoms. The first-order chi connectivity index (χ1) is 15.0. The number of aliphatic imine (C=N–C) groups is 1. The molecule has 2 aliphatic carbocycles. The number of nitrogens with one attached hydrogen (secondary N) is 2. The fraction of sp³-hybridized carbons (Fsp3) is 0.542. The molecular weight excluding hydrogens is 392 g/mol. The molecular formula is C24H32N4O3. The van der Waals surface area contributed by atoms with Crippen molar-refractivity contribution in [2.75, 3.05) is 26.2 Å². The van der Waals surface area contributed by atoms with E-state index in [0.29, 0.717) is 25.6 Å². The predicted molar refractivity (Wildman–Crippen MR) is 120 cm³/mol. The zero-order valence-electron chi connectivity index (χ0n) is 18.5. The van der Waals surface area contributed by atoms with Gasteiger partial charge in [-0.05, 0) is 56.7 Å². The molecule has 0 aromatic heterocycles. The van der Waals surface area contributed by atoms with Gasteiger partial charge in [-0.15, -0.1) is 0 Å². The molecule has 1 heterocycles. The Labute approximate surface area is 183 Å². The summed E-state index contributed by atoms with van der Waals surface area (Å²) in [7, 11) is 0. The van der Waals surface area contributed by atoms with Crippen molar-refractivity contribution in [2.24, 2.45) is 28.7 Å². The Morgan fingerprint density at radius 2 is 1.90 bits per heavy atom. The van der Waals surface area contributed by atoms with E-state index in [1.807, 2.05) is 45.0 Å². The maximum Gasteiger partial charge on any atom is 0.233 e. The largest absolute Gasteiger partial charge is 0.489 e. The van der Waals surface area contributed by atoms with Gasteiger partial charge in [0.1, 0.15) is 11.9 Å². The minimum absolute atomic E-state index is 0.00392. The van der Waals surface area contributed by atoms with Crippen LogP contribution in [-0.2, 0) is 9.59 Å². The molecule has 2 amide bonds. The van der Waals surface area contributed by atoms with Gasteiger partial charge in [0.05, 0.1) is 18.4 Å². The van der Waals surface area contributed by atoms with Crippen LogP contribution in [-0.4, -0.2) is 55.0 Å². The number of nitrogens with zero attached hydrogens (tertiary/aromatic N) is 2. The van der Waals surface area contributed by atoms with E-state index in [9.17, 15) is 9.59 Å². The van der Waals surface area contributed by atoms with Gasteiger partial charge in [0.2, 0.25) is 11.8 Å². The van der Waals surface area contributed by atoms with Crippen molar-refractivity contribution in [1.82, 2.24) is 15.5 Å². The second kappa shape index (κ2) is 9.12. The quantitative estimate of drug-likeness (QED) is 0.289. The third-order valence-corrected chi connectivity index (χ3v) is 6.37. The topological polar surface area (TPSA) is 83.0 Å². The molecule has 0 spiro atoms. The summed E-state index contributed by atoms with van der Waals surface area (Å²) in [5.41, 5.74) is 1.15. The number of carbonyl (C=O) groups is 2. The van der Waals surface area contributed by atoms with Crippen LogP contribution in [0.5, 0.6) is 5.75 Å². The molecule has 5 atom stereocenters. The second-order valence-corrected chi connectivity index (χ2v) is 8.72. The second-order valence-electron chi connectivity index (χ2n) is 8.72. The van der Waals surface area contributed by atoms with Crippen LogP contribution in [0.15, 0.2) is 41.4 Å². The molecule has 1 aromatic rings. The van der Waals surface area contributed by atoms with Gasteiger partial charge in [0.15, 0.2) is 5.96 Å². The van der Waals surface area contributed by atoms with E-state index >= 15 is 0 Å². The highest BCUT2D eigenvalue weighted by Gasteiger charge is 2.58. The first-order valence-corrected chi connectivity index (χ1v) is 11.3. The molecule has 2 fully saturated rings. The summed E-state index contributed by atoms with van der Waals surface area (Å²) in [6.07, 6.45) is 5.11. The van der Waals surface area contributed by atoms with Crippen LogP contribution >= 0.6 is 0 Å². The van der Waals surface area contributed by atoms with E-state index in [4.69, 9.17) is 4.74 Å². The molecule has 7 heteroatoms. The number of ether oxygens (including phenoxy) is 1. The fourth-order valence-corrected chi connectivity index (χ4v) is 4.99. The lowest BCUT2D eigenvalue weighted by Gasteiger charge is -2.19. The average molecular weight is 425 g/mol. The van der Waals surface area contributed by atoms with Gasteiger partial charge in [0, 0.05) is 19.6 Å². The smallest absolute Gasteiger partial charge is 0.233 e. The number of aryl methyl sites for hydroxylation is 1. The zero-order valence-corrected chi connectivity index (χ0v) is 18.5. The summed E-state index contributed by atoms with van der Waals surface area (Å²) in [6, 6.07) is 7.96. The van der Waals surface area contributed by atoms with Crippen molar-refractivity contribution >= 4 is 17.8 Å². The standard InChI is InChI=1S/C24H32N4O3/c1-4-25-24(27-14-16(3)31-19-7-5-6-15(2)12-19)26-10-11-28-22(29)20-17-8-9-18(13-17)21(20)23(28)30/h5-9,12,16-18,20-21H,4,10-11,13-14H2,1-3H3,(H2,25,26,27). The van der Waals surface area contributed by atoms with Gasteiger partial charge in [-0.3, -0.25) is 14.5 Å². The van der Waals surface area contributed by atoms with Crippen LogP contribution in [0.2, 0.25) is 0 Å². The third kappa shape index (κ3) is 4.45. The number of guanidine groups is 1. The van der Waals surface area contributed by atoms with Gasteiger partial charge in [0.25, 0.3) is 0 Å². The summed E-state index contributed by atoms with van der Waals surface area (Å²) in [5, 5.41) is 6.45. The van der Waals surface area contributed by atoms with Gasteiger partial charge < -0.3 is 15.4 Å². The number of fused-ring (bicyclic) bond motifs is 5. The Morgan fingerprint density at radius 1 is 1.19 bits per heavy atom. The highest BCUT2D eigenvalue weighted by atomic mass is 16.5. The van der Waals surface area contributed by atoms with Crippen LogP contribution in [0.25, 0.3) is 0 Å².